The number of nitrogens with zero attached hydrogens (tertiary/aromatic N) is 2. The lowest BCUT2D eigenvalue weighted by atomic mass is 10.0. The molecule has 1 saturated heterocycles. The van der Waals surface area contributed by atoms with Crippen LogP contribution in [0.25, 0.3) is 0 Å². The normalized spacial score (nSPS) is 16.0. The van der Waals surface area contributed by atoms with Gasteiger partial charge in [-0.25, -0.2) is 13.6 Å². The fourth-order valence-corrected chi connectivity index (χ4v) is 3.34. The van der Waals surface area contributed by atoms with E-state index < -0.39 is 46.4 Å². The molecule has 1 fully saturated rings. The number of carbonyl (C=O) groups excluding carboxylic acids is 1. The van der Waals surface area contributed by atoms with Crippen molar-refractivity contribution < 1.29 is 23.5 Å². The van der Waals surface area contributed by atoms with Crippen LogP contribution in [0.1, 0.15) is 38.3 Å². The molecule has 0 saturated carbocycles. The highest BCUT2D eigenvalue weighted by molar-refractivity contribution is 6.01. The largest absolute Gasteiger partial charge is 0.478 e. The first kappa shape index (κ1) is 20.4. The van der Waals surface area contributed by atoms with Crippen molar-refractivity contribution in [2.75, 3.05) is 18.4 Å². The topological polar surface area (TPSA) is 99.1 Å². The van der Waals surface area contributed by atoms with Crippen molar-refractivity contribution in [3.05, 3.63) is 63.1 Å². The molecule has 2 N–H and O–H groups in total. The fraction of sp³-hybridized carbons (Fsp3) is 0.300. The maximum atomic E-state index is 14.8. The Hall–Kier alpha value is -3.36. The van der Waals surface area contributed by atoms with E-state index in [-0.39, 0.29) is 13.1 Å². The van der Waals surface area contributed by atoms with E-state index in [1.165, 1.54) is 0 Å². The number of nitrogens with one attached hydrogen (secondary N) is 1. The molecule has 1 aliphatic heterocycles. The predicted octanol–water partition coefficient (Wildman–Crippen LogP) is 4.00. The van der Waals surface area contributed by atoms with E-state index in [4.69, 9.17) is 0 Å². The summed E-state index contributed by atoms with van der Waals surface area (Å²) in [6.45, 7) is 3.74. The molecule has 0 aliphatic carbocycles. The number of rotatable bonds is 5. The van der Waals surface area contributed by atoms with Gasteiger partial charge in [0.05, 0.1) is 16.8 Å². The molecule has 7 nitrogen and oxygen atoms in total. The molecule has 2 aromatic rings. The van der Waals surface area contributed by atoms with Crippen molar-refractivity contribution in [1.82, 2.24) is 4.90 Å². The van der Waals surface area contributed by atoms with E-state index in [0.717, 1.165) is 16.5 Å². The van der Waals surface area contributed by atoms with Gasteiger partial charge in [-0.2, -0.15) is 4.91 Å². The van der Waals surface area contributed by atoms with Crippen molar-refractivity contribution in [1.29, 1.82) is 0 Å². The van der Waals surface area contributed by atoms with Crippen LogP contribution in [0.4, 0.5) is 20.2 Å². The molecule has 3 rings (SSSR count). The van der Waals surface area contributed by atoms with Crippen LogP contribution in [0, 0.1) is 30.4 Å². The van der Waals surface area contributed by atoms with Crippen molar-refractivity contribution in [3.63, 3.8) is 0 Å². The summed E-state index contributed by atoms with van der Waals surface area (Å²) in [4.78, 5) is 36.1. The quantitative estimate of drug-likeness (QED) is 0.735. The highest BCUT2D eigenvalue weighted by Crippen LogP contribution is 2.31. The molecule has 0 bridgehead atoms. The summed E-state index contributed by atoms with van der Waals surface area (Å²) in [5.41, 5.74) is 0.245. The van der Waals surface area contributed by atoms with E-state index in [0.29, 0.717) is 17.7 Å². The summed E-state index contributed by atoms with van der Waals surface area (Å²) in [6, 6.07) is 5.38. The summed E-state index contributed by atoms with van der Waals surface area (Å²) in [5, 5.41) is 15.0. The molecule has 0 radical (unpaired) electrons. The summed E-state index contributed by atoms with van der Waals surface area (Å²) >= 11 is 0. The van der Waals surface area contributed by atoms with Crippen LogP contribution in [0.15, 0.2) is 29.4 Å². The maximum Gasteiger partial charge on any atom is 0.337 e. The van der Waals surface area contributed by atoms with E-state index in [2.05, 4.69) is 10.5 Å². The first-order valence-electron chi connectivity index (χ1n) is 8.94. The summed E-state index contributed by atoms with van der Waals surface area (Å²) < 4.78 is 29.5. The molecule has 9 heteroatoms. The number of hydrogen-bond acceptors (Lipinski definition) is 5. The average Bonchev–Trinajstić information content (AvgIpc) is 3.16. The van der Waals surface area contributed by atoms with Crippen LogP contribution in [-0.4, -0.2) is 41.0 Å². The molecule has 1 atom stereocenters. The number of benzene rings is 2. The van der Waals surface area contributed by atoms with Crippen LogP contribution in [0.3, 0.4) is 0 Å². The van der Waals surface area contributed by atoms with E-state index >= 15 is 0 Å². The number of carboxylic acids is 1. The number of aromatic carboxylic acids is 1. The molecule has 1 amide bonds. The van der Waals surface area contributed by atoms with Gasteiger partial charge in [0.1, 0.15) is 6.04 Å². The monoisotopic (exact) mass is 403 g/mol. The van der Waals surface area contributed by atoms with Gasteiger partial charge >= 0.3 is 5.97 Å². The molecule has 2 aromatic carbocycles. The van der Waals surface area contributed by atoms with Crippen molar-refractivity contribution in [2.24, 2.45) is 5.18 Å². The molecule has 0 spiro atoms. The highest BCUT2D eigenvalue weighted by Gasteiger charge is 2.32. The van der Waals surface area contributed by atoms with Gasteiger partial charge < -0.3 is 15.3 Å². The van der Waals surface area contributed by atoms with Crippen LogP contribution in [0.5, 0.6) is 0 Å². The fourth-order valence-electron chi connectivity index (χ4n) is 3.34. The maximum absolute atomic E-state index is 14.8. The Balaban J connectivity index is 2.03. The first-order chi connectivity index (χ1) is 13.7. The highest BCUT2D eigenvalue weighted by atomic mass is 19.2. The van der Waals surface area contributed by atoms with Crippen LogP contribution in [-0.2, 0) is 0 Å². The Bertz CT molecular complexity index is 1010. The van der Waals surface area contributed by atoms with Gasteiger partial charge in [-0.1, -0.05) is 22.9 Å². The number of amides is 1. The second-order valence-electron chi connectivity index (χ2n) is 7.02. The first-order valence-corrected chi connectivity index (χ1v) is 8.94. The summed E-state index contributed by atoms with van der Waals surface area (Å²) in [6.07, 6.45) is 0.317. The lowest BCUT2D eigenvalue weighted by molar-refractivity contribution is 0.0697. The Morgan fingerprint density at radius 3 is 2.48 bits per heavy atom. The Kier molecular flexibility index (Phi) is 5.58. The van der Waals surface area contributed by atoms with E-state index in [1.807, 2.05) is 6.92 Å². The lowest BCUT2D eigenvalue weighted by Crippen LogP contribution is -2.30. The minimum absolute atomic E-state index is 0.0195. The smallest absolute Gasteiger partial charge is 0.337 e. The van der Waals surface area contributed by atoms with Gasteiger partial charge in [-0.05, 0) is 38.0 Å². The Morgan fingerprint density at radius 2 is 1.90 bits per heavy atom. The molecule has 1 heterocycles. The van der Waals surface area contributed by atoms with Crippen molar-refractivity contribution in [2.45, 2.75) is 26.3 Å². The third-order valence-electron chi connectivity index (χ3n) is 4.91. The number of aryl methyl sites for hydroxylation is 2. The van der Waals surface area contributed by atoms with Gasteiger partial charge in [0.2, 0.25) is 0 Å². The van der Waals surface area contributed by atoms with Crippen LogP contribution < -0.4 is 5.32 Å². The van der Waals surface area contributed by atoms with Crippen LogP contribution in [0.2, 0.25) is 0 Å². The standard InChI is InChI=1S/C20H19F2N3O4/c1-10-3-4-15(11(2)7-10)23-18-14(20(27)28)8-13(16(21)17(18)22)19(26)25-6-5-12(9-25)24-29/h3-4,7-8,12,23H,5-6,9H2,1-2H3,(H,27,28). The molecule has 152 valence electrons. The number of halogens is 2. The zero-order chi connectivity index (χ0) is 21.3. The SMILES string of the molecule is Cc1ccc(Nc2c(C(=O)O)cc(C(=O)N3CCC(N=O)C3)c(F)c2F)c(C)c1. The summed E-state index contributed by atoms with van der Waals surface area (Å²) in [5.74, 6) is -5.31. The Labute approximate surface area is 165 Å². The molecule has 29 heavy (non-hydrogen) atoms. The number of hydrogen-bond donors (Lipinski definition) is 2. The summed E-state index contributed by atoms with van der Waals surface area (Å²) in [7, 11) is 0. The number of nitroso groups, excluding NO2 is 1. The molecular formula is C20H19F2N3O4. The number of carbonyl (C=O) groups is 2. The third kappa shape index (κ3) is 3.94. The molecular weight excluding hydrogens is 384 g/mol. The average molecular weight is 403 g/mol. The second kappa shape index (κ2) is 7.94. The zero-order valence-corrected chi connectivity index (χ0v) is 15.8. The molecule has 1 aliphatic rings. The van der Waals surface area contributed by atoms with Gasteiger partial charge in [0.15, 0.2) is 11.6 Å². The number of likely N-dealkylation sites (tertiary alicyclic amines) is 1. The minimum Gasteiger partial charge on any atom is -0.478 e. The molecule has 0 aromatic heterocycles. The molecule has 1 unspecified atom stereocenters. The van der Waals surface area contributed by atoms with Gasteiger partial charge in [-0.3, -0.25) is 4.79 Å². The zero-order valence-electron chi connectivity index (χ0n) is 15.8. The van der Waals surface area contributed by atoms with Crippen LogP contribution >= 0.6 is 0 Å². The van der Waals surface area contributed by atoms with E-state index in [1.54, 1.807) is 25.1 Å². The lowest BCUT2D eigenvalue weighted by Gasteiger charge is -2.19. The van der Waals surface area contributed by atoms with Crippen molar-refractivity contribution in [3.8, 4) is 0 Å². The van der Waals surface area contributed by atoms with Crippen molar-refractivity contribution >= 4 is 23.3 Å². The predicted molar refractivity (Wildman–Crippen MR) is 103 cm³/mol. The minimum atomic E-state index is -1.51. The van der Waals surface area contributed by atoms with Gasteiger partial charge in [-0.15, -0.1) is 0 Å². The number of anilines is 2. The third-order valence-corrected chi connectivity index (χ3v) is 4.91. The second-order valence-corrected chi connectivity index (χ2v) is 7.02. The number of carboxylic acid groups (broad SMARTS) is 1. The Morgan fingerprint density at radius 1 is 1.17 bits per heavy atom. The van der Waals surface area contributed by atoms with Gasteiger partial charge in [0.25, 0.3) is 5.91 Å². The van der Waals surface area contributed by atoms with E-state index in [9.17, 15) is 28.4 Å². The van der Waals surface area contributed by atoms with Gasteiger partial charge in [0, 0.05) is 18.8 Å².